The first-order valence-electron chi connectivity index (χ1n) is 26.2. The molecule has 0 radical (unpaired) electrons. The molecular weight excluding hydrogens is 965 g/mol. The van der Waals surface area contributed by atoms with E-state index in [0.29, 0.717) is 78.7 Å². The highest BCUT2D eigenvalue weighted by atomic mass is 33.1. The average molecular weight is 1050 g/mol. The second-order valence-electron chi connectivity index (χ2n) is 19.2. The predicted octanol–water partition coefficient (Wildman–Crippen LogP) is 10.1. The van der Waals surface area contributed by atoms with Crippen LogP contribution in [0, 0.1) is 0 Å². The van der Waals surface area contributed by atoms with Crippen LogP contribution in [0.3, 0.4) is 0 Å². The van der Waals surface area contributed by atoms with Crippen molar-refractivity contribution in [2.24, 2.45) is 28.2 Å². The quantitative estimate of drug-likeness (QED) is 0.0209. The van der Waals surface area contributed by atoms with Crippen molar-refractivity contribution in [3.63, 3.8) is 0 Å². The zero-order valence-electron chi connectivity index (χ0n) is 44.8. The highest BCUT2D eigenvalue weighted by molar-refractivity contribution is 8.77. The number of nitrogens with zero attached hydrogens (tertiary/aromatic N) is 8. The number of aromatic nitrogens is 8. The summed E-state index contributed by atoms with van der Waals surface area (Å²) in [6.45, 7) is 8.90. The molecule has 402 valence electrons. The molecule has 4 aromatic heterocycles. The van der Waals surface area contributed by atoms with Crippen molar-refractivity contribution >= 4 is 55.9 Å². The lowest BCUT2D eigenvalue weighted by atomic mass is 9.99. The van der Waals surface area contributed by atoms with Crippen LogP contribution in [-0.2, 0) is 60.3 Å². The second-order valence-corrected chi connectivity index (χ2v) is 22.2. The fourth-order valence-corrected chi connectivity index (χ4v) is 11.7. The van der Waals surface area contributed by atoms with E-state index >= 15 is 0 Å². The van der Waals surface area contributed by atoms with Gasteiger partial charge >= 0.3 is 23.3 Å². The summed E-state index contributed by atoms with van der Waals surface area (Å²) in [6.07, 6.45) is 40.4. The molecule has 0 aliphatic carbocycles. The van der Waals surface area contributed by atoms with Gasteiger partial charge < -0.3 is 18.6 Å². The molecule has 18 heteroatoms. The molecule has 16 nitrogen and oxygen atoms in total. The largest absolute Gasteiger partial charge is 0.463 e. The maximum atomic E-state index is 12.8. The van der Waals surface area contributed by atoms with E-state index in [4.69, 9.17) is 9.47 Å². The topological polar surface area (TPSA) is 176 Å². The Bertz CT molecular complexity index is 2760. The number of carbonyl (C=O) groups excluding carboxylic acids is 2. The number of hydrogen-bond donors (Lipinski definition) is 0. The molecule has 0 unspecified atom stereocenters. The van der Waals surface area contributed by atoms with Crippen molar-refractivity contribution < 1.29 is 19.1 Å². The first-order chi connectivity index (χ1) is 35.1. The van der Waals surface area contributed by atoms with Gasteiger partial charge in [-0.2, -0.15) is 0 Å². The Labute approximate surface area is 439 Å². The number of carbonyl (C=O) groups is 2. The molecule has 1 fully saturated rings. The van der Waals surface area contributed by atoms with Crippen LogP contribution in [0.15, 0.2) is 92.6 Å². The molecule has 1 saturated heterocycles. The lowest BCUT2D eigenvalue weighted by Crippen LogP contribution is -2.39. The SMILES string of the molecule is CC/C=C\C/C=C\C/C=C\C/C=C\C/C=C\CCCC(=O)O[C@H](C)CCCCn1c(=O)c2c(ncn2C)n(C)c1=O.C[C@@H](CCCCn1c(=O)c2c(ncn2C)n(C)c1=O)OC(=O)CCCC[C@]1(C)CCSS1. The number of imidazole rings is 2. The van der Waals surface area contributed by atoms with E-state index in [0.717, 1.165) is 77.0 Å². The van der Waals surface area contributed by atoms with Crippen LogP contribution in [0.1, 0.15) is 150 Å². The number of allylic oxidation sites excluding steroid dienone is 10. The van der Waals surface area contributed by atoms with Crippen molar-refractivity contribution in [2.75, 3.05) is 5.75 Å². The molecule has 0 amide bonds. The van der Waals surface area contributed by atoms with Gasteiger partial charge in [-0.3, -0.25) is 37.4 Å². The Hall–Kier alpha value is -5.36. The van der Waals surface area contributed by atoms with Crippen LogP contribution >= 0.6 is 21.6 Å². The normalized spacial score (nSPS) is 16.0. The van der Waals surface area contributed by atoms with Crippen LogP contribution in [0.5, 0.6) is 0 Å². The maximum Gasteiger partial charge on any atom is 0.332 e. The zero-order valence-corrected chi connectivity index (χ0v) is 46.4. The summed E-state index contributed by atoms with van der Waals surface area (Å²) in [5, 5.41) is 0. The molecule has 0 bridgehead atoms. The lowest BCUT2D eigenvalue weighted by molar-refractivity contribution is -0.149. The minimum absolute atomic E-state index is 0.136. The molecule has 1 aliphatic rings. The van der Waals surface area contributed by atoms with Gasteiger partial charge in [-0.15, -0.1) is 0 Å². The zero-order chi connectivity index (χ0) is 53.2. The molecule has 0 N–H and O–H groups in total. The molecule has 1 aliphatic heterocycles. The number of fused-ring (bicyclic) bond motifs is 2. The summed E-state index contributed by atoms with van der Waals surface area (Å²) in [6, 6.07) is 0. The molecule has 3 atom stereocenters. The number of ether oxygens (including phenoxy) is 2. The van der Waals surface area contributed by atoms with Gasteiger partial charge in [0.15, 0.2) is 22.3 Å². The number of unbranched alkanes of at least 4 members (excludes halogenated alkanes) is 4. The van der Waals surface area contributed by atoms with Crippen LogP contribution in [0.4, 0.5) is 0 Å². The van der Waals surface area contributed by atoms with E-state index in [9.17, 15) is 28.8 Å². The standard InChI is InChI=1S/C33H48N4O4.C22H34N4O4S2/c1-5-6-7-8-9-10-11-12-13-14-15-16-17-18-19-20-21-25-29(38)41-28(2)24-22-23-26-37-32(39)30-31(34-27-35(30)3)36(4)33(37)40;1-16(30-17(27)10-5-7-11-22(2)12-14-31-32-22)9-6-8-13-26-20(28)18-19(23-15-24(18)3)25(4)21(26)29/h6-7,9-10,12-13,15-16,18-19,27-28H,5,8,11,14,17,20-26H2,1-4H3;15-16H,5-14H2,1-4H3/b7-6-,10-9-,13-12-,16-15-,19-18-;/t28-;16-,22+/m10/s1. The number of hydrogen-bond acceptors (Lipinski definition) is 12. The fraction of sp³-hybridized carbons (Fsp3) is 0.600. The first kappa shape index (κ1) is 60.2. The highest BCUT2D eigenvalue weighted by Crippen LogP contribution is 2.49. The molecule has 4 aromatic rings. The Morgan fingerprint density at radius 1 is 0.630 bits per heavy atom. The van der Waals surface area contributed by atoms with Crippen molar-refractivity contribution in [2.45, 2.75) is 180 Å². The number of rotatable bonds is 30. The number of esters is 2. The Balaban J connectivity index is 0.000000326. The summed E-state index contributed by atoms with van der Waals surface area (Å²) >= 11 is 0. The van der Waals surface area contributed by atoms with Gasteiger partial charge in [-0.1, -0.05) is 95.7 Å². The minimum atomic E-state index is -0.367. The smallest absolute Gasteiger partial charge is 0.332 e. The van der Waals surface area contributed by atoms with E-state index in [-0.39, 0.29) is 46.6 Å². The fourth-order valence-electron chi connectivity index (χ4n) is 8.43. The van der Waals surface area contributed by atoms with E-state index < -0.39 is 0 Å². The van der Waals surface area contributed by atoms with Gasteiger partial charge in [0.05, 0.1) is 24.9 Å². The second kappa shape index (κ2) is 32.1. The van der Waals surface area contributed by atoms with Gasteiger partial charge in [0, 0.05) is 64.6 Å². The Morgan fingerprint density at radius 2 is 1.07 bits per heavy atom. The van der Waals surface area contributed by atoms with Crippen molar-refractivity contribution in [1.82, 2.24) is 37.4 Å². The summed E-state index contributed by atoms with van der Waals surface area (Å²) < 4.78 is 20.0. The molecule has 0 spiro atoms. The summed E-state index contributed by atoms with van der Waals surface area (Å²) in [7, 11) is 10.7. The van der Waals surface area contributed by atoms with Gasteiger partial charge in [-0.05, 0) is 124 Å². The van der Waals surface area contributed by atoms with Crippen LogP contribution in [0.2, 0.25) is 0 Å². The highest BCUT2D eigenvalue weighted by Gasteiger charge is 2.29. The van der Waals surface area contributed by atoms with Gasteiger partial charge in [0.2, 0.25) is 0 Å². The number of aryl methyl sites for hydroxylation is 4. The minimum Gasteiger partial charge on any atom is -0.463 e. The van der Waals surface area contributed by atoms with E-state index in [2.05, 4.69) is 84.6 Å². The third-order valence-electron chi connectivity index (χ3n) is 12.8. The van der Waals surface area contributed by atoms with Crippen molar-refractivity contribution in [3.8, 4) is 0 Å². The van der Waals surface area contributed by atoms with Gasteiger partial charge in [0.1, 0.15) is 0 Å². The van der Waals surface area contributed by atoms with E-state index in [1.54, 1.807) is 43.7 Å². The Kier molecular flexibility index (Phi) is 26.4. The van der Waals surface area contributed by atoms with Crippen LogP contribution in [-0.4, -0.2) is 72.0 Å². The van der Waals surface area contributed by atoms with E-state index in [1.807, 2.05) is 35.4 Å². The maximum absolute atomic E-state index is 12.8. The molecule has 5 heterocycles. The van der Waals surface area contributed by atoms with Crippen molar-refractivity contribution in [1.29, 1.82) is 0 Å². The van der Waals surface area contributed by atoms with Gasteiger partial charge in [-0.25, -0.2) is 19.6 Å². The van der Waals surface area contributed by atoms with Crippen LogP contribution in [0.25, 0.3) is 22.3 Å². The van der Waals surface area contributed by atoms with Crippen molar-refractivity contribution in [3.05, 3.63) is 115 Å². The molecular formula is C55H82N8O8S2. The third-order valence-corrected chi connectivity index (χ3v) is 16.1. The summed E-state index contributed by atoms with van der Waals surface area (Å²) in [5.74, 6) is 0.904. The predicted molar refractivity (Wildman–Crippen MR) is 299 cm³/mol. The van der Waals surface area contributed by atoms with E-state index in [1.165, 1.54) is 36.8 Å². The summed E-state index contributed by atoms with van der Waals surface area (Å²) in [5.41, 5.74) is 0.265. The molecule has 0 saturated carbocycles. The molecule has 5 rings (SSSR count). The third kappa shape index (κ3) is 19.8. The lowest BCUT2D eigenvalue weighted by Gasteiger charge is -2.20. The molecule has 73 heavy (non-hydrogen) atoms. The van der Waals surface area contributed by atoms with Crippen LogP contribution < -0.4 is 22.5 Å². The summed E-state index contributed by atoms with van der Waals surface area (Å²) in [4.78, 5) is 83.1. The molecule has 0 aromatic carbocycles. The average Bonchev–Trinajstić information content (AvgIpc) is 4.10. The first-order valence-corrected chi connectivity index (χ1v) is 28.6. The Morgan fingerprint density at radius 3 is 1.51 bits per heavy atom. The monoisotopic (exact) mass is 1050 g/mol. The van der Waals surface area contributed by atoms with Gasteiger partial charge in [0.25, 0.3) is 11.1 Å².